The van der Waals surface area contributed by atoms with Crippen molar-refractivity contribution in [1.29, 1.82) is 0 Å². The Morgan fingerprint density at radius 3 is 1.23 bits per heavy atom. The molecule has 4 bridgehead atoms. The molecule has 0 radical (unpaired) electrons. The molecule has 52 heavy (non-hydrogen) atoms. The number of hydrogen-bond donors (Lipinski definition) is 4. The van der Waals surface area contributed by atoms with Crippen LogP contribution in [0, 0.1) is 0 Å². The van der Waals surface area contributed by atoms with Gasteiger partial charge in [0.15, 0.2) is 0 Å². The molecule has 0 aliphatic carbocycles. The molecule has 8 heterocycles. The van der Waals surface area contributed by atoms with Gasteiger partial charge in [-0.15, -0.1) is 0 Å². The van der Waals surface area contributed by atoms with Crippen molar-refractivity contribution < 1.29 is 0 Å². The molecular weight excluding hydrogens is 641 g/mol. The fraction of sp³-hybridized carbons (Fsp3) is 0.455. The summed E-state index contributed by atoms with van der Waals surface area (Å²) in [5.74, 6) is 0. The van der Waals surface area contributed by atoms with E-state index in [2.05, 4.69) is 154 Å². The van der Waals surface area contributed by atoms with Crippen molar-refractivity contribution in [3.63, 3.8) is 0 Å². The first-order valence-corrected chi connectivity index (χ1v) is 19.7. The van der Waals surface area contributed by atoms with E-state index in [9.17, 15) is 0 Å². The fourth-order valence-electron chi connectivity index (χ4n) is 13.8. The minimum atomic E-state index is -0.114. The Kier molecular flexibility index (Phi) is 5.79. The first-order valence-electron chi connectivity index (χ1n) is 19.7. The third-order valence-corrected chi connectivity index (χ3v) is 15.9. The van der Waals surface area contributed by atoms with Gasteiger partial charge in [-0.2, -0.15) is 0 Å². The lowest BCUT2D eigenvalue weighted by atomic mass is 9.44. The van der Waals surface area contributed by atoms with E-state index in [4.69, 9.17) is 0 Å². The van der Waals surface area contributed by atoms with Gasteiger partial charge in [-0.05, 0) is 99.4 Å². The number of nitrogens with zero attached hydrogens (tertiary/aromatic N) is 4. The summed E-state index contributed by atoms with van der Waals surface area (Å²) in [7, 11) is 9.37. The Bertz CT molecular complexity index is 2030. The van der Waals surface area contributed by atoms with Crippen LogP contribution in [0.15, 0.2) is 84.9 Å². The molecule has 4 aromatic carbocycles. The lowest BCUT2D eigenvalue weighted by molar-refractivity contribution is -0.0694. The molecule has 8 aliphatic rings. The lowest BCUT2D eigenvalue weighted by Gasteiger charge is -2.72. The Morgan fingerprint density at radius 2 is 0.769 bits per heavy atom. The molecule has 0 saturated carbocycles. The second kappa shape index (κ2) is 9.91. The molecule has 0 aromatic heterocycles. The van der Waals surface area contributed by atoms with Crippen molar-refractivity contribution in [3.05, 3.63) is 118 Å². The van der Waals surface area contributed by atoms with E-state index in [1.165, 1.54) is 56.1 Å². The minimum Gasteiger partial charge on any atom is -0.368 e. The zero-order chi connectivity index (χ0) is 34.8. The molecule has 8 heteroatoms. The van der Waals surface area contributed by atoms with Gasteiger partial charge in [0, 0.05) is 59.8 Å². The van der Waals surface area contributed by atoms with Crippen molar-refractivity contribution in [2.75, 3.05) is 75.6 Å². The summed E-state index contributed by atoms with van der Waals surface area (Å²) in [5, 5.41) is 16.9. The van der Waals surface area contributed by atoms with Crippen LogP contribution in [0.2, 0.25) is 0 Å². The molecule has 12 rings (SSSR count). The van der Waals surface area contributed by atoms with Crippen LogP contribution >= 0.6 is 0 Å². The smallest absolute Gasteiger partial charge is 0.0933 e. The fourth-order valence-corrected chi connectivity index (χ4v) is 13.8. The van der Waals surface area contributed by atoms with Crippen LogP contribution in [0.4, 0.5) is 22.7 Å². The molecule has 4 saturated heterocycles. The van der Waals surface area contributed by atoms with Gasteiger partial charge in [-0.25, -0.2) is 0 Å². The second-order valence-electron chi connectivity index (χ2n) is 17.5. The average molecular weight is 691 g/mol. The molecule has 4 fully saturated rings. The van der Waals surface area contributed by atoms with E-state index >= 15 is 0 Å². The van der Waals surface area contributed by atoms with Crippen molar-refractivity contribution in [2.24, 2.45) is 0 Å². The predicted octanol–water partition coefficient (Wildman–Crippen LogP) is 5.78. The van der Waals surface area contributed by atoms with E-state index in [0.717, 1.165) is 51.9 Å². The van der Waals surface area contributed by atoms with Crippen LogP contribution in [0.3, 0.4) is 0 Å². The number of anilines is 4. The molecule has 8 aliphatic heterocycles. The number of rotatable bonds is 2. The van der Waals surface area contributed by atoms with Crippen LogP contribution in [0.25, 0.3) is 0 Å². The molecule has 8 nitrogen and oxygen atoms in total. The van der Waals surface area contributed by atoms with Crippen LogP contribution in [-0.2, 0) is 21.7 Å². The van der Waals surface area contributed by atoms with Crippen LogP contribution in [0.1, 0.15) is 59.1 Å². The summed E-state index contributed by atoms with van der Waals surface area (Å²) in [6.45, 7) is 4.29. The van der Waals surface area contributed by atoms with Crippen LogP contribution in [0.5, 0.6) is 0 Å². The number of para-hydroxylation sites is 4. The highest BCUT2D eigenvalue weighted by atomic mass is 15.4. The van der Waals surface area contributed by atoms with Gasteiger partial charge < -0.3 is 21.3 Å². The van der Waals surface area contributed by atoms with Gasteiger partial charge in [0.1, 0.15) is 0 Å². The normalized spacial score (nSPS) is 38.0. The first-order chi connectivity index (χ1) is 25.4. The van der Waals surface area contributed by atoms with Gasteiger partial charge in [0.2, 0.25) is 0 Å². The zero-order valence-corrected chi connectivity index (χ0v) is 30.8. The highest BCUT2D eigenvalue weighted by Crippen LogP contribution is 2.69. The molecule has 0 amide bonds. The summed E-state index contributed by atoms with van der Waals surface area (Å²) >= 11 is 0. The predicted molar refractivity (Wildman–Crippen MR) is 209 cm³/mol. The number of piperidine rings is 2. The summed E-state index contributed by atoms with van der Waals surface area (Å²) < 4.78 is 0. The zero-order valence-electron chi connectivity index (χ0n) is 30.8. The summed E-state index contributed by atoms with van der Waals surface area (Å²) in [4.78, 5) is 10.4. The Labute approximate surface area is 307 Å². The van der Waals surface area contributed by atoms with Gasteiger partial charge >= 0.3 is 0 Å². The molecule has 4 N–H and O–H groups in total. The van der Waals surface area contributed by atoms with E-state index in [-0.39, 0.29) is 46.3 Å². The summed E-state index contributed by atoms with van der Waals surface area (Å²) in [6.07, 6.45) is 5.28. The Morgan fingerprint density at radius 1 is 0.404 bits per heavy atom. The summed E-state index contributed by atoms with van der Waals surface area (Å²) in [6, 6.07) is 33.0. The van der Waals surface area contributed by atoms with E-state index in [0.29, 0.717) is 0 Å². The maximum absolute atomic E-state index is 4.44. The van der Waals surface area contributed by atoms with Crippen LogP contribution < -0.4 is 21.3 Å². The molecule has 2 unspecified atom stereocenters. The van der Waals surface area contributed by atoms with Crippen molar-refractivity contribution >= 4 is 22.7 Å². The van der Waals surface area contributed by atoms with Crippen molar-refractivity contribution in [1.82, 2.24) is 19.6 Å². The van der Waals surface area contributed by atoms with Crippen LogP contribution in [-0.4, -0.2) is 98.6 Å². The maximum atomic E-state index is 4.44. The molecular formula is C44H50N8. The van der Waals surface area contributed by atoms with Crippen molar-refractivity contribution in [2.45, 2.75) is 72.0 Å². The van der Waals surface area contributed by atoms with E-state index in [1.54, 1.807) is 0 Å². The summed E-state index contributed by atoms with van der Waals surface area (Å²) in [5.41, 5.74) is 13.8. The largest absolute Gasteiger partial charge is 0.368 e. The quantitative estimate of drug-likeness (QED) is 0.211. The number of nitrogens with one attached hydrogen (secondary N) is 4. The Balaban J connectivity index is 1.12. The SMILES string of the molecule is CN1CC[C@]23c4cccc([C@]56CCN(C)[C@H]5Nc5ccccc56)c4NC1C21CCN(C)[C@H]3Nc2c1cccc2[C@]12CCN(C)[C@H]1Nc1ccccc12. The number of likely N-dealkylation sites (tertiary alicyclic amines) is 4. The first kappa shape index (κ1) is 30.4. The standard InChI is InChI=1S/C44H50N8/c1-49-23-19-41(27-11-5-7-17-33(27)45-37(41)49)29-13-9-15-31-35(29)47-39-44-22-26-52(4)40(43(31,44)21-25-51(39)3)48-36-30(14-10-16-32(36)44)42-20-24-50(2)38(42)46-34-18-8-6-12-28(34)42/h5-18,37-40,45-48H,19-26H2,1-4H3/t37-,38-,39-,40?,41-,42-,43?,44-/m1/s1. The highest BCUT2D eigenvalue weighted by molar-refractivity contribution is 5.81. The van der Waals surface area contributed by atoms with Gasteiger partial charge in [-0.1, -0.05) is 72.8 Å². The molecule has 8 atom stereocenters. The maximum Gasteiger partial charge on any atom is 0.0933 e. The third kappa shape index (κ3) is 3.17. The lowest BCUT2D eigenvalue weighted by Crippen LogP contribution is -2.80. The topological polar surface area (TPSA) is 61.1 Å². The number of likely N-dealkylation sites (N-methyl/N-ethyl adjacent to an activating group) is 4. The number of hydrogen-bond acceptors (Lipinski definition) is 8. The third-order valence-electron chi connectivity index (χ3n) is 15.9. The second-order valence-corrected chi connectivity index (χ2v) is 17.5. The highest BCUT2D eigenvalue weighted by Gasteiger charge is 2.72. The molecule has 0 spiro atoms. The monoisotopic (exact) mass is 690 g/mol. The number of benzene rings is 4. The molecule has 266 valence electrons. The minimum absolute atomic E-state index is 0.100. The van der Waals surface area contributed by atoms with Gasteiger partial charge in [-0.3, -0.25) is 19.6 Å². The molecule has 4 aromatic rings. The van der Waals surface area contributed by atoms with E-state index in [1.807, 2.05) is 0 Å². The number of fused-ring (bicyclic) bond motifs is 8. The van der Waals surface area contributed by atoms with E-state index < -0.39 is 0 Å². The van der Waals surface area contributed by atoms with Crippen molar-refractivity contribution in [3.8, 4) is 0 Å². The van der Waals surface area contributed by atoms with Gasteiger partial charge in [0.05, 0.1) is 35.5 Å². The van der Waals surface area contributed by atoms with Gasteiger partial charge in [0.25, 0.3) is 0 Å². The Hall–Kier alpha value is -4.08. The average Bonchev–Trinajstić information content (AvgIpc) is 3.89.